The third kappa shape index (κ3) is 6.76. The Morgan fingerprint density at radius 3 is 2.16 bits per heavy atom. The van der Waals surface area contributed by atoms with Gasteiger partial charge in [-0.1, -0.05) is 48.7 Å². The second-order valence-electron chi connectivity index (χ2n) is 11.4. The van der Waals surface area contributed by atoms with Gasteiger partial charge in [0.15, 0.2) is 17.2 Å². The lowest BCUT2D eigenvalue weighted by Gasteiger charge is -2.27. The molecular weight excluding hydrogens is 688 g/mol. The van der Waals surface area contributed by atoms with Crippen LogP contribution in [0.2, 0.25) is 0 Å². The molecule has 4 aromatic carbocycles. The Morgan fingerprint density at radius 1 is 0.864 bits per heavy atom. The molecule has 1 aliphatic carbocycles. The van der Waals surface area contributed by atoms with Crippen molar-refractivity contribution in [2.45, 2.75) is 57.8 Å². The number of aromatic hydroxyl groups is 1. The fourth-order valence-corrected chi connectivity index (χ4v) is 7.70. The van der Waals surface area contributed by atoms with Gasteiger partial charge in [0.1, 0.15) is 11.5 Å². The normalized spacial score (nSPS) is 14.0. The lowest BCUT2D eigenvalue weighted by Crippen LogP contribution is -2.09. The molecule has 1 saturated carbocycles. The van der Waals surface area contributed by atoms with Gasteiger partial charge in [0.2, 0.25) is 0 Å². The van der Waals surface area contributed by atoms with Gasteiger partial charge in [-0.15, -0.1) is 0 Å². The van der Waals surface area contributed by atoms with E-state index in [4.69, 9.17) is 14.2 Å². The monoisotopic (exact) mass is 722 g/mol. The zero-order valence-electron chi connectivity index (χ0n) is 25.2. The van der Waals surface area contributed by atoms with Gasteiger partial charge in [-0.05, 0) is 111 Å². The van der Waals surface area contributed by atoms with Gasteiger partial charge in [0.05, 0.1) is 29.6 Å². The molecule has 4 aromatic rings. The fraction of sp³-hybridized carbons (Fsp3) is 0.306. The molecule has 0 aromatic heterocycles. The van der Waals surface area contributed by atoms with Crippen molar-refractivity contribution in [3.63, 3.8) is 0 Å². The van der Waals surface area contributed by atoms with Crippen molar-refractivity contribution in [2.24, 2.45) is 0 Å². The van der Waals surface area contributed by atoms with E-state index < -0.39 is 11.9 Å². The van der Waals surface area contributed by atoms with Crippen LogP contribution in [0, 0.1) is 13.8 Å². The van der Waals surface area contributed by atoms with Crippen molar-refractivity contribution < 1.29 is 29.2 Å². The number of carbonyl (C=O) groups is 1. The van der Waals surface area contributed by atoms with Crippen molar-refractivity contribution in [1.29, 1.82) is 0 Å². The first-order valence-electron chi connectivity index (χ1n) is 14.6. The Morgan fingerprint density at radius 2 is 1.55 bits per heavy atom. The van der Waals surface area contributed by atoms with Crippen LogP contribution in [-0.4, -0.2) is 30.4 Å². The van der Waals surface area contributed by atoms with Crippen LogP contribution in [0.15, 0.2) is 69.6 Å². The molecule has 0 saturated heterocycles. The molecule has 0 radical (unpaired) electrons. The average molecular weight is 724 g/mol. The Kier molecular flexibility index (Phi) is 9.90. The lowest BCUT2D eigenvalue weighted by atomic mass is 9.81. The van der Waals surface area contributed by atoms with Crippen LogP contribution in [-0.2, 0) is 11.2 Å². The molecule has 0 aliphatic heterocycles. The number of methoxy groups -OCH3 is 2. The number of phenols is 1. The number of carboxylic acids is 1. The number of rotatable bonds is 10. The molecule has 0 spiro atoms. The average Bonchev–Trinajstić information content (AvgIpc) is 3.51. The molecule has 8 heteroatoms. The summed E-state index contributed by atoms with van der Waals surface area (Å²) in [5.74, 6) is 1.38. The molecular formula is C36H36Br2O6. The third-order valence-corrected chi connectivity index (χ3v) is 9.43. The summed E-state index contributed by atoms with van der Waals surface area (Å²) >= 11 is 7.26. The maximum atomic E-state index is 11.5. The smallest absolute Gasteiger partial charge is 0.307 e. The van der Waals surface area contributed by atoms with E-state index in [1.54, 1.807) is 26.4 Å². The van der Waals surface area contributed by atoms with Gasteiger partial charge in [-0.2, -0.15) is 0 Å². The minimum Gasteiger partial charge on any atom is -0.504 e. The number of aliphatic carboxylic acids is 1. The summed E-state index contributed by atoms with van der Waals surface area (Å²) in [5.41, 5.74) is 6.23. The van der Waals surface area contributed by atoms with E-state index in [1.165, 1.54) is 0 Å². The quantitative estimate of drug-likeness (QED) is 0.159. The number of hydrogen-bond donors (Lipinski definition) is 2. The SMILES string of the molecule is COc1cc(C(c2cccc(C)c2)c2cc(C)cc(OC)c2O)c(Oc2c(Br)cc(CC(=O)O)cc2Br)cc1C1CCCC1. The fourth-order valence-electron chi connectivity index (χ4n) is 6.26. The third-order valence-electron chi connectivity index (χ3n) is 8.25. The van der Waals surface area contributed by atoms with Gasteiger partial charge in [-0.3, -0.25) is 4.79 Å². The van der Waals surface area contributed by atoms with Crippen LogP contribution in [0.5, 0.6) is 28.7 Å². The highest BCUT2D eigenvalue weighted by Crippen LogP contribution is 2.50. The van der Waals surface area contributed by atoms with Gasteiger partial charge in [0, 0.05) is 22.6 Å². The topological polar surface area (TPSA) is 85.2 Å². The summed E-state index contributed by atoms with van der Waals surface area (Å²) < 4.78 is 19.7. The first kappa shape index (κ1) is 31.9. The van der Waals surface area contributed by atoms with Crippen LogP contribution in [0.4, 0.5) is 0 Å². The molecule has 1 atom stereocenters. The number of phenolic OH excluding ortho intramolecular Hbond substituents is 1. The van der Waals surface area contributed by atoms with Crippen LogP contribution in [0.3, 0.4) is 0 Å². The van der Waals surface area contributed by atoms with Crippen LogP contribution >= 0.6 is 31.9 Å². The van der Waals surface area contributed by atoms with Gasteiger partial charge in [-0.25, -0.2) is 0 Å². The number of hydrogen-bond acceptors (Lipinski definition) is 5. The van der Waals surface area contributed by atoms with Crippen molar-refractivity contribution in [2.75, 3.05) is 14.2 Å². The van der Waals surface area contributed by atoms with E-state index in [2.05, 4.69) is 50.1 Å². The molecule has 6 nitrogen and oxygen atoms in total. The second-order valence-corrected chi connectivity index (χ2v) is 13.1. The van der Waals surface area contributed by atoms with E-state index in [0.717, 1.165) is 59.3 Å². The minimum atomic E-state index is -0.912. The summed E-state index contributed by atoms with van der Waals surface area (Å²) in [6.45, 7) is 4.03. The Balaban J connectivity index is 1.78. The van der Waals surface area contributed by atoms with Crippen LogP contribution in [0.1, 0.15) is 76.5 Å². The molecule has 0 heterocycles. The van der Waals surface area contributed by atoms with Crippen LogP contribution in [0.25, 0.3) is 0 Å². The van der Waals surface area contributed by atoms with Crippen molar-refractivity contribution in [1.82, 2.24) is 0 Å². The van der Waals surface area contributed by atoms with Crippen molar-refractivity contribution in [3.8, 4) is 28.7 Å². The molecule has 0 bridgehead atoms. The lowest BCUT2D eigenvalue weighted by molar-refractivity contribution is -0.136. The predicted octanol–water partition coefficient (Wildman–Crippen LogP) is 9.81. The first-order valence-corrected chi connectivity index (χ1v) is 16.2. The van der Waals surface area contributed by atoms with E-state index in [1.807, 2.05) is 44.2 Å². The standard InChI is InChI=1S/C36H36Br2O6/c1-20-8-7-11-24(12-20)34(27-13-21(2)14-32(43-4)35(27)41)26-19-30(42-3)25(23-9-5-6-10-23)18-31(26)44-36-28(37)15-22(16-29(36)38)17-33(39)40/h7-8,11-16,18-19,23,34,41H,5-6,9-10,17H2,1-4H3,(H,39,40). The summed E-state index contributed by atoms with van der Waals surface area (Å²) in [5, 5.41) is 20.9. The molecule has 5 rings (SSSR count). The van der Waals surface area contributed by atoms with Gasteiger partial charge in [0.25, 0.3) is 0 Å². The number of carboxylic acid groups (broad SMARTS) is 1. The molecule has 0 amide bonds. The molecule has 1 aliphatic rings. The van der Waals surface area contributed by atoms with E-state index >= 15 is 0 Å². The summed E-state index contributed by atoms with van der Waals surface area (Å²) in [4.78, 5) is 11.4. The number of halogens is 2. The Bertz CT molecular complexity index is 1670. The first-order chi connectivity index (χ1) is 21.1. The second kappa shape index (κ2) is 13.7. The zero-order chi connectivity index (χ0) is 31.5. The summed E-state index contributed by atoms with van der Waals surface area (Å²) in [6.07, 6.45) is 4.36. The van der Waals surface area contributed by atoms with E-state index in [9.17, 15) is 15.0 Å². The largest absolute Gasteiger partial charge is 0.504 e. The van der Waals surface area contributed by atoms with Crippen LogP contribution < -0.4 is 14.2 Å². The maximum Gasteiger partial charge on any atom is 0.307 e. The van der Waals surface area contributed by atoms with Crippen molar-refractivity contribution >= 4 is 37.8 Å². The highest BCUT2D eigenvalue weighted by Gasteiger charge is 2.30. The van der Waals surface area contributed by atoms with E-state index in [0.29, 0.717) is 43.2 Å². The minimum absolute atomic E-state index is 0.0646. The summed E-state index contributed by atoms with van der Waals surface area (Å²) in [6, 6.07) is 19.7. The zero-order valence-corrected chi connectivity index (χ0v) is 28.4. The highest BCUT2D eigenvalue weighted by atomic mass is 79.9. The van der Waals surface area contributed by atoms with Gasteiger partial charge < -0.3 is 24.4 Å². The Labute approximate surface area is 275 Å². The van der Waals surface area contributed by atoms with Crippen molar-refractivity contribution in [3.05, 3.63) is 109 Å². The maximum absolute atomic E-state index is 11.5. The number of benzene rings is 4. The highest BCUT2D eigenvalue weighted by molar-refractivity contribution is 9.11. The molecule has 2 N–H and O–H groups in total. The number of aryl methyl sites for hydroxylation is 2. The summed E-state index contributed by atoms with van der Waals surface area (Å²) in [7, 11) is 3.25. The molecule has 1 fully saturated rings. The van der Waals surface area contributed by atoms with E-state index in [-0.39, 0.29) is 12.2 Å². The van der Waals surface area contributed by atoms with Gasteiger partial charge >= 0.3 is 5.97 Å². The molecule has 1 unspecified atom stereocenters. The molecule has 44 heavy (non-hydrogen) atoms. The predicted molar refractivity (Wildman–Crippen MR) is 179 cm³/mol. The number of ether oxygens (including phenoxy) is 3. The molecule has 230 valence electrons. The Hall–Kier alpha value is -3.49.